The lowest BCUT2D eigenvalue weighted by Gasteiger charge is -2.05. The maximum atomic E-state index is 5.11. The average molecular weight is 228 g/mol. The number of pyridine rings is 1. The Hall–Kier alpha value is -1.87. The first-order valence-electron chi connectivity index (χ1n) is 5.62. The standard InChI is InChI=1S/C14H16N2O/c1-17-14-7-5-12(6-8-14)10-15-11-13-4-2-3-9-16-13/h2-9,15H,10-11H2,1H3. The number of aromatic nitrogens is 1. The number of hydrogen-bond acceptors (Lipinski definition) is 3. The molecule has 0 unspecified atom stereocenters. The highest BCUT2D eigenvalue weighted by Gasteiger charge is 1.95. The van der Waals surface area contributed by atoms with Gasteiger partial charge in [0.15, 0.2) is 0 Å². The van der Waals surface area contributed by atoms with Crippen molar-refractivity contribution in [1.29, 1.82) is 0 Å². The SMILES string of the molecule is COc1ccc(CNCc2ccccn2)cc1. The van der Waals surface area contributed by atoms with Crippen LogP contribution in [0, 0.1) is 0 Å². The molecule has 17 heavy (non-hydrogen) atoms. The monoisotopic (exact) mass is 228 g/mol. The topological polar surface area (TPSA) is 34.1 Å². The second kappa shape index (κ2) is 6.01. The first-order chi connectivity index (χ1) is 8.38. The second-order valence-corrected chi connectivity index (χ2v) is 3.77. The number of methoxy groups -OCH3 is 1. The molecular formula is C14H16N2O. The van der Waals surface area contributed by atoms with Crippen LogP contribution in [-0.4, -0.2) is 12.1 Å². The molecule has 0 radical (unpaired) electrons. The third-order valence-corrected chi connectivity index (χ3v) is 2.52. The molecule has 88 valence electrons. The lowest BCUT2D eigenvalue weighted by atomic mass is 10.2. The van der Waals surface area contributed by atoms with Crippen LogP contribution in [0.25, 0.3) is 0 Å². The summed E-state index contributed by atoms with van der Waals surface area (Å²) in [7, 11) is 1.67. The summed E-state index contributed by atoms with van der Waals surface area (Å²) in [5.41, 5.74) is 2.29. The Bertz CT molecular complexity index is 440. The zero-order valence-electron chi connectivity index (χ0n) is 9.89. The van der Waals surface area contributed by atoms with E-state index >= 15 is 0 Å². The lowest BCUT2D eigenvalue weighted by molar-refractivity contribution is 0.414. The zero-order valence-corrected chi connectivity index (χ0v) is 9.89. The van der Waals surface area contributed by atoms with Crippen LogP contribution < -0.4 is 10.1 Å². The summed E-state index contributed by atoms with van der Waals surface area (Å²) < 4.78 is 5.11. The van der Waals surface area contributed by atoms with Crippen molar-refractivity contribution in [3.05, 3.63) is 59.9 Å². The number of benzene rings is 1. The molecule has 0 spiro atoms. The van der Waals surface area contributed by atoms with Crippen LogP contribution in [-0.2, 0) is 13.1 Å². The largest absolute Gasteiger partial charge is 0.497 e. The maximum Gasteiger partial charge on any atom is 0.118 e. The van der Waals surface area contributed by atoms with Gasteiger partial charge >= 0.3 is 0 Å². The third-order valence-electron chi connectivity index (χ3n) is 2.52. The zero-order chi connectivity index (χ0) is 11.9. The van der Waals surface area contributed by atoms with Crippen molar-refractivity contribution >= 4 is 0 Å². The minimum absolute atomic E-state index is 0.785. The molecule has 0 aliphatic carbocycles. The van der Waals surface area contributed by atoms with E-state index in [1.165, 1.54) is 5.56 Å². The summed E-state index contributed by atoms with van der Waals surface area (Å²) in [5, 5.41) is 3.35. The first kappa shape index (κ1) is 11.6. The Balaban J connectivity index is 1.82. The van der Waals surface area contributed by atoms with Crippen molar-refractivity contribution in [3.8, 4) is 5.75 Å². The number of ether oxygens (including phenoxy) is 1. The minimum atomic E-state index is 0.785. The van der Waals surface area contributed by atoms with Crippen LogP contribution >= 0.6 is 0 Å². The van der Waals surface area contributed by atoms with Crippen molar-refractivity contribution in [2.75, 3.05) is 7.11 Å². The average Bonchev–Trinajstić information content (AvgIpc) is 2.41. The van der Waals surface area contributed by atoms with Crippen LogP contribution in [0.3, 0.4) is 0 Å². The lowest BCUT2D eigenvalue weighted by Crippen LogP contribution is -2.13. The summed E-state index contributed by atoms with van der Waals surface area (Å²) >= 11 is 0. The summed E-state index contributed by atoms with van der Waals surface area (Å²) in [5.74, 6) is 0.887. The molecule has 0 aliphatic rings. The molecular weight excluding hydrogens is 212 g/mol. The fraction of sp³-hybridized carbons (Fsp3) is 0.214. The second-order valence-electron chi connectivity index (χ2n) is 3.77. The van der Waals surface area contributed by atoms with Gasteiger partial charge in [-0.3, -0.25) is 4.98 Å². The molecule has 3 nitrogen and oxygen atoms in total. The van der Waals surface area contributed by atoms with Crippen LogP contribution in [0.2, 0.25) is 0 Å². The number of nitrogens with one attached hydrogen (secondary N) is 1. The summed E-state index contributed by atoms with van der Waals surface area (Å²) in [4.78, 5) is 4.25. The van der Waals surface area contributed by atoms with E-state index in [1.54, 1.807) is 7.11 Å². The molecule has 0 fully saturated rings. The van der Waals surface area contributed by atoms with E-state index in [2.05, 4.69) is 22.4 Å². The normalized spacial score (nSPS) is 10.2. The molecule has 0 saturated heterocycles. The first-order valence-corrected chi connectivity index (χ1v) is 5.62. The molecule has 0 atom stereocenters. The van der Waals surface area contributed by atoms with Gasteiger partial charge in [-0.05, 0) is 29.8 Å². The molecule has 3 heteroatoms. The van der Waals surface area contributed by atoms with Gasteiger partial charge in [-0.1, -0.05) is 18.2 Å². The van der Waals surface area contributed by atoms with Crippen molar-refractivity contribution < 1.29 is 4.74 Å². The number of hydrogen-bond donors (Lipinski definition) is 1. The van der Waals surface area contributed by atoms with Gasteiger partial charge in [0.2, 0.25) is 0 Å². The highest BCUT2D eigenvalue weighted by atomic mass is 16.5. The molecule has 1 heterocycles. The number of rotatable bonds is 5. The molecule has 2 aromatic rings. The molecule has 1 aromatic carbocycles. The van der Waals surface area contributed by atoms with Gasteiger partial charge in [-0.25, -0.2) is 0 Å². The van der Waals surface area contributed by atoms with E-state index in [1.807, 2.05) is 36.5 Å². The highest BCUT2D eigenvalue weighted by molar-refractivity contribution is 5.27. The van der Waals surface area contributed by atoms with Crippen molar-refractivity contribution in [2.45, 2.75) is 13.1 Å². The highest BCUT2D eigenvalue weighted by Crippen LogP contribution is 2.10. The van der Waals surface area contributed by atoms with E-state index in [9.17, 15) is 0 Å². The molecule has 0 bridgehead atoms. The van der Waals surface area contributed by atoms with Crippen molar-refractivity contribution in [2.24, 2.45) is 0 Å². The van der Waals surface area contributed by atoms with Crippen molar-refractivity contribution in [1.82, 2.24) is 10.3 Å². The van der Waals surface area contributed by atoms with Crippen LogP contribution in [0.4, 0.5) is 0 Å². The van der Waals surface area contributed by atoms with Crippen LogP contribution in [0.1, 0.15) is 11.3 Å². The smallest absolute Gasteiger partial charge is 0.118 e. The maximum absolute atomic E-state index is 5.11. The molecule has 0 aliphatic heterocycles. The molecule has 0 saturated carbocycles. The van der Waals surface area contributed by atoms with Gasteiger partial charge in [-0.2, -0.15) is 0 Å². The van der Waals surface area contributed by atoms with Gasteiger partial charge in [0, 0.05) is 19.3 Å². The Morgan fingerprint density at radius 3 is 2.53 bits per heavy atom. The predicted molar refractivity (Wildman–Crippen MR) is 67.8 cm³/mol. The summed E-state index contributed by atoms with van der Waals surface area (Å²) in [6.45, 7) is 1.62. The van der Waals surface area contributed by atoms with E-state index in [4.69, 9.17) is 4.74 Å². The summed E-state index contributed by atoms with van der Waals surface area (Å²) in [6, 6.07) is 14.0. The minimum Gasteiger partial charge on any atom is -0.497 e. The Morgan fingerprint density at radius 2 is 1.88 bits per heavy atom. The molecule has 1 N–H and O–H groups in total. The van der Waals surface area contributed by atoms with Gasteiger partial charge in [0.25, 0.3) is 0 Å². The summed E-state index contributed by atoms with van der Waals surface area (Å²) in [6.07, 6.45) is 1.81. The van der Waals surface area contributed by atoms with E-state index in [0.717, 1.165) is 24.5 Å². The number of nitrogens with zero attached hydrogens (tertiary/aromatic N) is 1. The van der Waals surface area contributed by atoms with E-state index in [-0.39, 0.29) is 0 Å². The van der Waals surface area contributed by atoms with Crippen LogP contribution in [0.5, 0.6) is 5.75 Å². The van der Waals surface area contributed by atoms with Gasteiger partial charge in [-0.15, -0.1) is 0 Å². The van der Waals surface area contributed by atoms with Gasteiger partial charge in [0.1, 0.15) is 5.75 Å². The van der Waals surface area contributed by atoms with E-state index < -0.39 is 0 Å². The van der Waals surface area contributed by atoms with Gasteiger partial charge < -0.3 is 10.1 Å². The molecule has 0 amide bonds. The van der Waals surface area contributed by atoms with Gasteiger partial charge in [0.05, 0.1) is 12.8 Å². The Kier molecular flexibility index (Phi) is 4.11. The van der Waals surface area contributed by atoms with Crippen LogP contribution in [0.15, 0.2) is 48.7 Å². The molecule has 1 aromatic heterocycles. The molecule has 2 rings (SSSR count). The Labute approximate surface area is 101 Å². The van der Waals surface area contributed by atoms with E-state index in [0.29, 0.717) is 0 Å². The fourth-order valence-corrected chi connectivity index (χ4v) is 1.58. The van der Waals surface area contributed by atoms with Crippen molar-refractivity contribution in [3.63, 3.8) is 0 Å². The third kappa shape index (κ3) is 3.57. The Morgan fingerprint density at radius 1 is 1.06 bits per heavy atom. The fourth-order valence-electron chi connectivity index (χ4n) is 1.58. The quantitative estimate of drug-likeness (QED) is 0.853. The predicted octanol–water partition coefficient (Wildman–Crippen LogP) is 2.38.